The van der Waals surface area contributed by atoms with Gasteiger partial charge in [-0.15, -0.1) is 0 Å². The molecular formula is C30H68F6O10Si3. The van der Waals surface area contributed by atoms with Crippen molar-refractivity contribution in [1.82, 2.24) is 0 Å². The molecule has 2 rings (SSSR count). The summed E-state index contributed by atoms with van der Waals surface area (Å²) in [4.78, 5) is 13.2. The van der Waals surface area contributed by atoms with E-state index in [1.807, 2.05) is 6.92 Å². The Labute approximate surface area is 295 Å². The van der Waals surface area contributed by atoms with Crippen LogP contribution in [0.25, 0.3) is 0 Å². The predicted molar refractivity (Wildman–Crippen MR) is 186 cm³/mol. The summed E-state index contributed by atoms with van der Waals surface area (Å²) < 4.78 is 126. The number of carbonyl (C=O) groups excluding carboxylic acids is 1. The number of hydrogen-bond donors (Lipinski definition) is 1. The molecule has 6 unspecified atom stereocenters. The maximum Gasteiger partial charge on any atom is 0.671 e. The number of esters is 1. The van der Waals surface area contributed by atoms with Gasteiger partial charge in [0.1, 0.15) is 0 Å². The van der Waals surface area contributed by atoms with E-state index in [9.17, 15) is 36.2 Å². The average molecular weight is 787 g/mol. The Bertz CT molecular complexity index is 938. The molecule has 6 atom stereocenters. The zero-order valence-corrected chi connectivity index (χ0v) is 28.9. The number of fused-ring (bicyclic) bond motifs is 2. The highest BCUT2D eigenvalue weighted by Gasteiger charge is 2.71. The molecular weight excluding hydrogens is 719 g/mol. The van der Waals surface area contributed by atoms with Gasteiger partial charge in [-0.05, 0) is 71.3 Å². The van der Waals surface area contributed by atoms with Gasteiger partial charge in [-0.1, -0.05) is 44.6 Å². The van der Waals surface area contributed by atoms with Gasteiger partial charge < -0.3 is 40.2 Å². The molecule has 2 aliphatic carbocycles. The van der Waals surface area contributed by atoms with E-state index >= 15 is 0 Å². The lowest BCUT2D eigenvalue weighted by atomic mass is 9.74. The maximum atomic E-state index is 13.4. The van der Waals surface area contributed by atoms with E-state index in [4.69, 9.17) is 35.1 Å². The van der Waals surface area contributed by atoms with Gasteiger partial charge in [-0.25, -0.2) is 0 Å². The molecule has 0 aromatic heterocycles. The molecule has 2 fully saturated rings. The molecule has 302 valence electrons. The lowest BCUT2D eigenvalue weighted by Gasteiger charge is -2.46. The first-order chi connectivity index (χ1) is 19.6. The van der Waals surface area contributed by atoms with Crippen LogP contribution in [0.1, 0.15) is 97.4 Å². The molecule has 0 aliphatic heterocycles. The third-order valence-corrected chi connectivity index (χ3v) is 19.7. The van der Waals surface area contributed by atoms with Crippen LogP contribution in [0.5, 0.6) is 0 Å². The molecule has 2 aliphatic rings. The van der Waals surface area contributed by atoms with Crippen LogP contribution in [0.4, 0.5) is 26.3 Å². The van der Waals surface area contributed by atoms with Crippen LogP contribution in [0, 0.1) is 17.3 Å². The molecule has 0 spiro atoms. The number of ether oxygens (including phenoxy) is 1. The summed E-state index contributed by atoms with van der Waals surface area (Å²) in [6, 6.07) is -0.609. The lowest BCUT2D eigenvalue weighted by Crippen LogP contribution is -2.64. The number of carbonyl (C=O) groups is 1. The zero-order chi connectivity index (χ0) is 33.3. The first kappa shape index (κ1) is 57.7. The van der Waals surface area contributed by atoms with Crippen LogP contribution >= 0.6 is 0 Å². The van der Waals surface area contributed by atoms with E-state index in [0.717, 1.165) is 7.11 Å². The minimum atomic E-state index is -6.00. The van der Waals surface area contributed by atoms with Crippen LogP contribution in [-0.2, 0) is 39.9 Å². The topological polar surface area (TPSA) is 111 Å². The Morgan fingerprint density at radius 3 is 1.63 bits per heavy atom. The standard InChI is InChI=1S/C24H44F6O10Si3.6CH4/c1-16(2)38-20(31)21(3)15-17-13-18(21)19(14-17)41(9,33-4)39-42(34-5,40-43(35-6,36-7)37-8)12-10-11-22(32,23(25,26)27)24(28,29)30;;;;;;/h16-19,32H,10-15H2,1-9H3;6*1H4. The van der Waals surface area contributed by atoms with Crippen molar-refractivity contribution in [2.75, 3.05) is 35.5 Å². The van der Waals surface area contributed by atoms with Crippen LogP contribution in [-0.4, -0.2) is 97.1 Å². The second-order valence-electron chi connectivity index (χ2n) is 11.8. The lowest BCUT2D eigenvalue weighted by molar-refractivity contribution is -0.370. The molecule has 10 nitrogen and oxygen atoms in total. The minimum Gasteiger partial charge on any atom is -0.463 e. The minimum absolute atomic E-state index is 0. The van der Waals surface area contributed by atoms with Crippen molar-refractivity contribution in [3.63, 3.8) is 0 Å². The van der Waals surface area contributed by atoms with E-state index in [2.05, 4.69) is 0 Å². The molecule has 0 amide bonds. The van der Waals surface area contributed by atoms with Crippen LogP contribution < -0.4 is 0 Å². The summed E-state index contributed by atoms with van der Waals surface area (Å²) in [5.74, 6) is -0.454. The first-order valence-electron chi connectivity index (χ1n) is 13.8. The Balaban J connectivity index is -0.00000108. The fourth-order valence-corrected chi connectivity index (χ4v) is 18.0. The average Bonchev–Trinajstić information content (AvgIpc) is 3.49. The SMILES string of the molecule is C.C.C.C.C.C.CO[Si](CCCC(O)(C(F)(F)F)C(F)(F)F)(O[Si](OC)(OC)OC)O[Si](C)(OC)C1CC2CC1C(C)(C(=O)OC(C)C)C2. The van der Waals surface area contributed by atoms with Gasteiger partial charge in [0.15, 0.2) is 0 Å². The Kier molecular flexibility index (Phi) is 24.2. The molecule has 0 saturated heterocycles. The molecule has 2 saturated carbocycles. The van der Waals surface area contributed by atoms with Crippen molar-refractivity contribution in [2.24, 2.45) is 17.3 Å². The number of alkyl halides is 6. The van der Waals surface area contributed by atoms with E-state index in [1.54, 1.807) is 20.4 Å². The highest BCUT2D eigenvalue weighted by molar-refractivity contribution is 6.82. The fraction of sp³-hybridized carbons (Fsp3) is 0.967. The Morgan fingerprint density at radius 2 is 1.29 bits per heavy atom. The monoisotopic (exact) mass is 786 g/mol. The van der Waals surface area contributed by atoms with Gasteiger partial charge in [-0.3, -0.25) is 4.79 Å². The van der Waals surface area contributed by atoms with Gasteiger partial charge in [0.25, 0.3) is 5.60 Å². The largest absolute Gasteiger partial charge is 0.671 e. The zero-order valence-electron chi connectivity index (χ0n) is 25.9. The van der Waals surface area contributed by atoms with Crippen molar-refractivity contribution >= 4 is 32.4 Å². The maximum absolute atomic E-state index is 13.4. The molecule has 49 heavy (non-hydrogen) atoms. The summed E-state index contributed by atoms with van der Waals surface area (Å²) >= 11 is 0. The number of halogens is 6. The van der Waals surface area contributed by atoms with Gasteiger partial charge in [0.05, 0.1) is 11.5 Å². The molecule has 2 bridgehead atoms. The second-order valence-corrected chi connectivity index (χ2v) is 21.1. The quantitative estimate of drug-likeness (QED) is 0.0926. The third-order valence-electron chi connectivity index (χ3n) is 8.74. The fourth-order valence-electron chi connectivity index (χ4n) is 6.38. The van der Waals surface area contributed by atoms with Crippen molar-refractivity contribution in [2.45, 2.75) is 140 Å². The summed E-state index contributed by atoms with van der Waals surface area (Å²) in [7, 11) is -5.89. The van der Waals surface area contributed by atoms with E-state index in [-0.39, 0.29) is 74.0 Å². The van der Waals surface area contributed by atoms with Gasteiger partial charge in [0.2, 0.25) is 0 Å². The predicted octanol–water partition coefficient (Wildman–Crippen LogP) is 8.91. The number of rotatable bonds is 16. The van der Waals surface area contributed by atoms with Gasteiger partial charge >= 0.3 is 44.7 Å². The van der Waals surface area contributed by atoms with Gasteiger partial charge in [-0.2, -0.15) is 26.3 Å². The van der Waals surface area contributed by atoms with Crippen LogP contribution in [0.2, 0.25) is 18.1 Å². The van der Waals surface area contributed by atoms with Crippen molar-refractivity contribution in [1.29, 1.82) is 0 Å². The van der Waals surface area contributed by atoms with E-state index in [0.29, 0.717) is 19.3 Å². The molecule has 0 heterocycles. The van der Waals surface area contributed by atoms with Gasteiger partial charge in [0, 0.05) is 47.1 Å². The molecule has 1 N–H and O–H groups in total. The molecule has 19 heteroatoms. The molecule has 0 aromatic rings. The molecule has 0 aromatic carbocycles. The molecule has 0 radical (unpaired) electrons. The summed E-state index contributed by atoms with van der Waals surface area (Å²) in [5.41, 5.74) is -6.17. The van der Waals surface area contributed by atoms with Crippen LogP contribution in [0.15, 0.2) is 0 Å². The summed E-state index contributed by atoms with van der Waals surface area (Å²) in [6.07, 6.45) is -13.1. The van der Waals surface area contributed by atoms with Crippen molar-refractivity contribution in [3.05, 3.63) is 0 Å². The van der Waals surface area contributed by atoms with Crippen molar-refractivity contribution in [3.8, 4) is 0 Å². The smallest absolute Gasteiger partial charge is 0.463 e. The summed E-state index contributed by atoms with van der Waals surface area (Å²) in [6.45, 7) is 7.00. The summed E-state index contributed by atoms with van der Waals surface area (Å²) in [5, 5.41) is 9.74. The Hall–Kier alpha value is -0.619. The normalized spacial score (nSPS) is 24.4. The number of hydrogen-bond acceptors (Lipinski definition) is 10. The first-order valence-corrected chi connectivity index (χ1v) is 19.8. The highest BCUT2D eigenvalue weighted by Crippen LogP contribution is 2.64. The van der Waals surface area contributed by atoms with Crippen LogP contribution in [0.3, 0.4) is 0 Å². The highest BCUT2D eigenvalue weighted by atomic mass is 28.5. The van der Waals surface area contributed by atoms with E-state index in [1.165, 1.54) is 28.4 Å². The third kappa shape index (κ3) is 11.7. The van der Waals surface area contributed by atoms with E-state index < -0.39 is 68.7 Å². The Morgan fingerprint density at radius 1 is 0.816 bits per heavy atom. The van der Waals surface area contributed by atoms with Crippen molar-refractivity contribution < 1.29 is 71.3 Å². The second kappa shape index (κ2) is 20.6. The number of aliphatic hydroxyl groups is 1.